The molecule has 90 valence electrons. The van der Waals surface area contributed by atoms with Crippen molar-refractivity contribution in [1.82, 2.24) is 10.1 Å². The lowest BCUT2D eigenvalue weighted by Gasteiger charge is -2.04. The molecule has 0 fully saturated rings. The number of hydrogen-bond acceptors (Lipinski definition) is 4. The van der Waals surface area contributed by atoms with Crippen LogP contribution >= 0.6 is 0 Å². The summed E-state index contributed by atoms with van der Waals surface area (Å²) in [5.74, 6) is -3.43. The fourth-order valence-electron chi connectivity index (χ4n) is 1.24. The monoisotopic (exact) mass is 243 g/mol. The zero-order valence-corrected chi connectivity index (χ0v) is 8.80. The molecule has 0 saturated heterocycles. The van der Waals surface area contributed by atoms with Gasteiger partial charge in [-0.1, -0.05) is 5.16 Å². The molecule has 2 rings (SSSR count). The van der Waals surface area contributed by atoms with E-state index in [0.29, 0.717) is 17.5 Å². The van der Waals surface area contributed by atoms with Gasteiger partial charge in [-0.2, -0.15) is 9.37 Å². The van der Waals surface area contributed by atoms with Gasteiger partial charge in [0.25, 0.3) is 5.95 Å². The van der Waals surface area contributed by atoms with Gasteiger partial charge in [-0.25, -0.2) is 8.78 Å². The molecule has 0 spiro atoms. The number of halogens is 3. The van der Waals surface area contributed by atoms with Crippen molar-refractivity contribution >= 4 is 5.82 Å². The summed E-state index contributed by atoms with van der Waals surface area (Å²) in [7, 11) is 0. The van der Waals surface area contributed by atoms with Gasteiger partial charge in [0.05, 0.1) is 6.54 Å². The van der Waals surface area contributed by atoms with Gasteiger partial charge >= 0.3 is 0 Å². The van der Waals surface area contributed by atoms with Crippen molar-refractivity contribution in [2.75, 3.05) is 5.32 Å². The van der Waals surface area contributed by atoms with Gasteiger partial charge in [-0.05, 0) is 6.92 Å². The van der Waals surface area contributed by atoms with Gasteiger partial charge in [0.1, 0.15) is 11.5 Å². The van der Waals surface area contributed by atoms with Crippen LogP contribution in [-0.2, 0) is 6.54 Å². The summed E-state index contributed by atoms with van der Waals surface area (Å²) in [5, 5.41) is 6.14. The molecule has 2 aromatic heterocycles. The summed E-state index contributed by atoms with van der Waals surface area (Å²) in [6.45, 7) is 1.80. The van der Waals surface area contributed by atoms with Crippen LogP contribution in [0.1, 0.15) is 11.5 Å². The second-order valence-corrected chi connectivity index (χ2v) is 3.37. The molecule has 0 aromatic carbocycles. The van der Waals surface area contributed by atoms with Crippen LogP contribution in [0.5, 0.6) is 0 Å². The molecule has 7 heteroatoms. The van der Waals surface area contributed by atoms with Crippen molar-refractivity contribution in [3.8, 4) is 0 Å². The molecule has 0 radical (unpaired) electrons. The summed E-state index contributed by atoms with van der Waals surface area (Å²) < 4.78 is 43.3. The number of aryl methyl sites for hydroxylation is 1. The topological polar surface area (TPSA) is 51.0 Å². The van der Waals surface area contributed by atoms with Crippen LogP contribution in [0.4, 0.5) is 19.0 Å². The highest BCUT2D eigenvalue weighted by Gasteiger charge is 2.11. The molecule has 2 aromatic rings. The molecular formula is C10H8F3N3O. The molecule has 2 heterocycles. The minimum absolute atomic E-state index is 0.104. The first kappa shape index (κ1) is 11.4. The van der Waals surface area contributed by atoms with Crippen LogP contribution in [0.2, 0.25) is 0 Å². The molecule has 17 heavy (non-hydrogen) atoms. The van der Waals surface area contributed by atoms with Gasteiger partial charge in [0.2, 0.25) is 0 Å². The number of rotatable bonds is 3. The fraction of sp³-hybridized carbons (Fsp3) is 0.200. The van der Waals surface area contributed by atoms with Crippen LogP contribution in [0, 0.1) is 24.5 Å². The molecule has 0 aliphatic heterocycles. The van der Waals surface area contributed by atoms with E-state index >= 15 is 0 Å². The van der Waals surface area contributed by atoms with Crippen molar-refractivity contribution in [3.63, 3.8) is 0 Å². The van der Waals surface area contributed by atoms with Crippen LogP contribution < -0.4 is 5.32 Å². The summed E-state index contributed by atoms with van der Waals surface area (Å²) in [5.41, 5.74) is 0.508. The maximum absolute atomic E-state index is 13.2. The van der Waals surface area contributed by atoms with Crippen LogP contribution in [-0.4, -0.2) is 10.1 Å². The Morgan fingerprint density at radius 1 is 1.24 bits per heavy atom. The average Bonchev–Trinajstić information content (AvgIpc) is 2.68. The predicted octanol–water partition coefficient (Wildman–Crippen LogP) is 2.41. The molecule has 0 unspecified atom stereocenters. The summed E-state index contributed by atoms with van der Waals surface area (Å²) in [6.07, 6.45) is 0. The quantitative estimate of drug-likeness (QED) is 0.841. The smallest absolute Gasteiger partial charge is 0.251 e. The molecule has 0 aliphatic carbocycles. The zero-order valence-electron chi connectivity index (χ0n) is 8.80. The minimum Gasteiger partial charge on any atom is -0.362 e. The highest BCUT2D eigenvalue weighted by molar-refractivity contribution is 5.36. The van der Waals surface area contributed by atoms with E-state index in [2.05, 4.69) is 15.5 Å². The number of nitrogens with one attached hydrogen (secondary N) is 1. The number of nitrogens with zero attached hydrogens (tertiary/aromatic N) is 2. The standard InChI is InChI=1S/C10H8F3N3O/c1-5-2-6(16-17-5)4-14-10-8(12)3-7(11)9(13)15-10/h2-3H,4H2,1H3,(H,14,15). The van der Waals surface area contributed by atoms with E-state index in [1.54, 1.807) is 13.0 Å². The average molecular weight is 243 g/mol. The maximum Gasteiger partial charge on any atom is 0.251 e. The first-order chi connectivity index (χ1) is 8.06. The van der Waals surface area contributed by atoms with Crippen molar-refractivity contribution in [1.29, 1.82) is 0 Å². The molecule has 4 nitrogen and oxygen atoms in total. The highest BCUT2D eigenvalue weighted by atomic mass is 19.2. The van der Waals surface area contributed by atoms with E-state index in [1.165, 1.54) is 0 Å². The molecular weight excluding hydrogens is 235 g/mol. The van der Waals surface area contributed by atoms with E-state index in [9.17, 15) is 13.2 Å². The third kappa shape index (κ3) is 2.55. The fourth-order valence-corrected chi connectivity index (χ4v) is 1.24. The van der Waals surface area contributed by atoms with Gasteiger partial charge in [0, 0.05) is 12.1 Å². The first-order valence-corrected chi connectivity index (χ1v) is 4.74. The summed E-state index contributed by atoms with van der Waals surface area (Å²) in [4.78, 5) is 3.11. The summed E-state index contributed by atoms with van der Waals surface area (Å²) in [6, 6.07) is 2.06. The van der Waals surface area contributed by atoms with Crippen molar-refractivity contribution in [3.05, 3.63) is 41.2 Å². The van der Waals surface area contributed by atoms with Crippen LogP contribution in [0.3, 0.4) is 0 Å². The predicted molar refractivity (Wildman–Crippen MR) is 52.7 cm³/mol. The third-order valence-corrected chi connectivity index (χ3v) is 2.00. The molecule has 0 saturated carbocycles. The summed E-state index contributed by atoms with van der Waals surface area (Å²) >= 11 is 0. The second kappa shape index (κ2) is 4.44. The Kier molecular flexibility index (Phi) is 2.99. The first-order valence-electron chi connectivity index (χ1n) is 4.74. The normalized spacial score (nSPS) is 10.6. The Balaban J connectivity index is 2.11. The van der Waals surface area contributed by atoms with Crippen molar-refractivity contribution in [2.45, 2.75) is 13.5 Å². The molecule has 0 amide bonds. The third-order valence-electron chi connectivity index (χ3n) is 2.00. The van der Waals surface area contributed by atoms with Crippen molar-refractivity contribution < 1.29 is 17.7 Å². The lowest BCUT2D eigenvalue weighted by atomic mass is 10.3. The van der Waals surface area contributed by atoms with Gasteiger partial charge in [-0.3, -0.25) is 0 Å². The van der Waals surface area contributed by atoms with Crippen molar-refractivity contribution in [2.24, 2.45) is 0 Å². The molecule has 0 aliphatic rings. The van der Waals surface area contributed by atoms with Crippen LogP contribution in [0.15, 0.2) is 16.7 Å². The molecule has 1 N–H and O–H groups in total. The number of anilines is 1. The Morgan fingerprint density at radius 3 is 2.65 bits per heavy atom. The lowest BCUT2D eigenvalue weighted by Crippen LogP contribution is -2.06. The Morgan fingerprint density at radius 2 is 2.00 bits per heavy atom. The minimum atomic E-state index is -1.36. The highest BCUT2D eigenvalue weighted by Crippen LogP contribution is 2.15. The van der Waals surface area contributed by atoms with E-state index in [0.717, 1.165) is 0 Å². The van der Waals surface area contributed by atoms with E-state index in [4.69, 9.17) is 4.52 Å². The van der Waals surface area contributed by atoms with Crippen LogP contribution in [0.25, 0.3) is 0 Å². The maximum atomic E-state index is 13.2. The Labute approximate surface area is 94.4 Å². The van der Waals surface area contributed by atoms with E-state index in [-0.39, 0.29) is 12.4 Å². The van der Waals surface area contributed by atoms with Gasteiger partial charge in [0.15, 0.2) is 17.5 Å². The Bertz CT molecular complexity index is 542. The largest absolute Gasteiger partial charge is 0.362 e. The zero-order chi connectivity index (χ0) is 12.4. The number of pyridine rings is 1. The second-order valence-electron chi connectivity index (χ2n) is 3.37. The number of hydrogen-bond donors (Lipinski definition) is 1. The molecule has 0 bridgehead atoms. The number of aromatic nitrogens is 2. The Hall–Kier alpha value is -2.05. The molecule has 0 atom stereocenters. The lowest BCUT2D eigenvalue weighted by molar-refractivity contribution is 0.391. The SMILES string of the molecule is Cc1cc(CNc2nc(F)c(F)cc2F)no1. The van der Waals surface area contributed by atoms with E-state index in [1.807, 2.05) is 0 Å². The van der Waals surface area contributed by atoms with Gasteiger partial charge in [-0.15, -0.1) is 0 Å². The van der Waals surface area contributed by atoms with E-state index < -0.39 is 17.6 Å². The van der Waals surface area contributed by atoms with Gasteiger partial charge < -0.3 is 9.84 Å².